The largest absolute Gasteiger partial charge is 0.368 e. The second-order valence-corrected chi connectivity index (χ2v) is 7.12. The first-order valence-electron chi connectivity index (χ1n) is 9.96. The Morgan fingerprint density at radius 1 is 0.636 bits per heavy atom. The van der Waals surface area contributed by atoms with E-state index in [1.165, 1.54) is 77.0 Å². The zero-order valence-corrected chi connectivity index (χ0v) is 15.6. The van der Waals surface area contributed by atoms with Crippen LogP contribution in [-0.2, 0) is 4.74 Å². The maximum Gasteiger partial charge on any atom is 0.154 e. The van der Waals surface area contributed by atoms with Crippen molar-refractivity contribution in [2.75, 3.05) is 6.61 Å². The van der Waals surface area contributed by atoms with Crippen LogP contribution in [0.1, 0.15) is 111 Å². The SMILES string of the molecule is CCOC(O)CCCCCCCCCCCCCCC(C)C. The van der Waals surface area contributed by atoms with Crippen molar-refractivity contribution in [2.24, 2.45) is 5.92 Å². The molecule has 0 amide bonds. The van der Waals surface area contributed by atoms with E-state index in [0.29, 0.717) is 6.61 Å². The van der Waals surface area contributed by atoms with Crippen LogP contribution in [0.3, 0.4) is 0 Å². The summed E-state index contributed by atoms with van der Waals surface area (Å²) in [4.78, 5) is 0. The van der Waals surface area contributed by atoms with Gasteiger partial charge < -0.3 is 9.84 Å². The molecule has 0 aromatic carbocycles. The van der Waals surface area contributed by atoms with Gasteiger partial charge in [0.2, 0.25) is 0 Å². The molecule has 1 unspecified atom stereocenters. The van der Waals surface area contributed by atoms with Crippen molar-refractivity contribution in [1.29, 1.82) is 0 Å². The van der Waals surface area contributed by atoms with E-state index in [1.807, 2.05) is 6.92 Å². The number of aliphatic hydroxyl groups excluding tert-OH is 1. The minimum absolute atomic E-state index is 0.537. The van der Waals surface area contributed by atoms with Crippen molar-refractivity contribution in [2.45, 2.75) is 117 Å². The van der Waals surface area contributed by atoms with E-state index in [4.69, 9.17) is 4.74 Å². The van der Waals surface area contributed by atoms with Crippen LogP contribution in [0.15, 0.2) is 0 Å². The van der Waals surface area contributed by atoms with E-state index < -0.39 is 6.29 Å². The van der Waals surface area contributed by atoms with Gasteiger partial charge in [-0.3, -0.25) is 0 Å². The Morgan fingerprint density at radius 2 is 1.00 bits per heavy atom. The summed E-state index contributed by atoms with van der Waals surface area (Å²) in [6, 6.07) is 0. The third-order valence-corrected chi connectivity index (χ3v) is 4.34. The zero-order chi connectivity index (χ0) is 16.5. The Kier molecular flexibility index (Phi) is 17.2. The van der Waals surface area contributed by atoms with Gasteiger partial charge in [0.25, 0.3) is 0 Å². The van der Waals surface area contributed by atoms with Gasteiger partial charge in [-0.2, -0.15) is 0 Å². The Hall–Kier alpha value is -0.0800. The first kappa shape index (κ1) is 21.9. The van der Waals surface area contributed by atoms with Gasteiger partial charge in [-0.1, -0.05) is 90.9 Å². The van der Waals surface area contributed by atoms with Gasteiger partial charge in [-0.05, 0) is 25.7 Å². The molecule has 0 fully saturated rings. The van der Waals surface area contributed by atoms with E-state index in [9.17, 15) is 5.11 Å². The van der Waals surface area contributed by atoms with Crippen molar-refractivity contribution in [3.05, 3.63) is 0 Å². The lowest BCUT2D eigenvalue weighted by Gasteiger charge is -2.09. The zero-order valence-electron chi connectivity index (χ0n) is 15.6. The van der Waals surface area contributed by atoms with Crippen LogP contribution in [0, 0.1) is 5.92 Å². The van der Waals surface area contributed by atoms with Crippen LogP contribution in [0.2, 0.25) is 0 Å². The first-order valence-corrected chi connectivity index (χ1v) is 9.96. The summed E-state index contributed by atoms with van der Waals surface area (Å²) in [5, 5.41) is 9.43. The number of ether oxygens (including phenoxy) is 1. The van der Waals surface area contributed by atoms with Gasteiger partial charge in [0.05, 0.1) is 0 Å². The maximum atomic E-state index is 9.43. The summed E-state index contributed by atoms with van der Waals surface area (Å²) < 4.78 is 5.12. The molecule has 22 heavy (non-hydrogen) atoms. The number of hydrogen-bond acceptors (Lipinski definition) is 2. The van der Waals surface area contributed by atoms with Crippen molar-refractivity contribution in [3.63, 3.8) is 0 Å². The molecule has 134 valence electrons. The van der Waals surface area contributed by atoms with Crippen LogP contribution in [0.4, 0.5) is 0 Å². The molecule has 0 heterocycles. The highest BCUT2D eigenvalue weighted by Crippen LogP contribution is 2.14. The molecule has 0 spiro atoms. The van der Waals surface area contributed by atoms with Crippen molar-refractivity contribution in [3.8, 4) is 0 Å². The molecule has 1 N–H and O–H groups in total. The monoisotopic (exact) mass is 314 g/mol. The van der Waals surface area contributed by atoms with Crippen molar-refractivity contribution >= 4 is 0 Å². The van der Waals surface area contributed by atoms with Gasteiger partial charge in [0, 0.05) is 6.61 Å². The summed E-state index contributed by atoms with van der Waals surface area (Å²) in [7, 11) is 0. The predicted molar refractivity (Wildman–Crippen MR) is 97.1 cm³/mol. The van der Waals surface area contributed by atoms with Crippen LogP contribution in [0.5, 0.6) is 0 Å². The summed E-state index contributed by atoms with van der Waals surface area (Å²) in [6.07, 6.45) is 18.1. The highest BCUT2D eigenvalue weighted by atomic mass is 16.6. The smallest absolute Gasteiger partial charge is 0.154 e. The van der Waals surface area contributed by atoms with Gasteiger partial charge in [0.15, 0.2) is 6.29 Å². The molecule has 2 nitrogen and oxygen atoms in total. The maximum absolute atomic E-state index is 9.43. The molecule has 0 aromatic heterocycles. The molecule has 2 heteroatoms. The van der Waals surface area contributed by atoms with Gasteiger partial charge in [-0.15, -0.1) is 0 Å². The minimum Gasteiger partial charge on any atom is -0.368 e. The van der Waals surface area contributed by atoms with Crippen molar-refractivity contribution in [1.82, 2.24) is 0 Å². The molecule has 0 saturated heterocycles. The first-order chi connectivity index (χ1) is 10.7. The lowest BCUT2D eigenvalue weighted by Crippen LogP contribution is -2.10. The molecule has 0 aromatic rings. The number of rotatable bonds is 17. The van der Waals surface area contributed by atoms with Crippen LogP contribution in [-0.4, -0.2) is 18.0 Å². The van der Waals surface area contributed by atoms with E-state index in [1.54, 1.807) is 0 Å². The number of unbranched alkanes of at least 4 members (excludes halogenated alkanes) is 11. The second-order valence-electron chi connectivity index (χ2n) is 7.12. The lowest BCUT2D eigenvalue weighted by molar-refractivity contribution is -0.0994. The van der Waals surface area contributed by atoms with Crippen molar-refractivity contribution < 1.29 is 9.84 Å². The fraction of sp³-hybridized carbons (Fsp3) is 1.00. The quantitative estimate of drug-likeness (QED) is 0.246. The number of hydrogen-bond donors (Lipinski definition) is 1. The molecule has 1 atom stereocenters. The Morgan fingerprint density at radius 3 is 1.36 bits per heavy atom. The molecule has 0 radical (unpaired) electrons. The van der Waals surface area contributed by atoms with Gasteiger partial charge >= 0.3 is 0 Å². The molecule has 0 aliphatic heterocycles. The molecule has 0 bridgehead atoms. The molecule has 0 saturated carbocycles. The minimum atomic E-state index is -0.537. The standard InChI is InChI=1S/C20H42O2/c1-4-22-20(21)18-16-14-12-10-8-6-5-7-9-11-13-15-17-19(2)3/h19-21H,4-18H2,1-3H3. The third kappa shape index (κ3) is 18.0. The molecular weight excluding hydrogens is 272 g/mol. The summed E-state index contributed by atoms with van der Waals surface area (Å²) in [5.41, 5.74) is 0. The fourth-order valence-electron chi connectivity index (χ4n) is 2.92. The summed E-state index contributed by atoms with van der Waals surface area (Å²) >= 11 is 0. The third-order valence-electron chi connectivity index (χ3n) is 4.34. The Labute approximate surface area is 140 Å². The van der Waals surface area contributed by atoms with Crippen LogP contribution in [0.25, 0.3) is 0 Å². The number of aliphatic hydroxyl groups is 1. The summed E-state index contributed by atoms with van der Waals surface area (Å²) in [6.45, 7) is 7.18. The Balaban J connectivity index is 3.02. The average Bonchev–Trinajstić information content (AvgIpc) is 2.47. The van der Waals surface area contributed by atoms with E-state index >= 15 is 0 Å². The van der Waals surface area contributed by atoms with E-state index in [-0.39, 0.29) is 0 Å². The van der Waals surface area contributed by atoms with E-state index in [0.717, 1.165) is 18.8 Å². The van der Waals surface area contributed by atoms with Gasteiger partial charge in [-0.25, -0.2) is 0 Å². The molecule has 0 aliphatic carbocycles. The average molecular weight is 315 g/mol. The Bertz CT molecular complexity index is 204. The fourth-order valence-corrected chi connectivity index (χ4v) is 2.92. The highest BCUT2D eigenvalue weighted by molar-refractivity contribution is 4.51. The lowest BCUT2D eigenvalue weighted by atomic mass is 10.0. The molecule has 0 rings (SSSR count). The predicted octanol–water partition coefficient (Wildman–Crippen LogP) is 6.46. The topological polar surface area (TPSA) is 29.5 Å². The highest BCUT2D eigenvalue weighted by Gasteiger charge is 2.01. The molecular formula is C20H42O2. The van der Waals surface area contributed by atoms with Crippen LogP contribution >= 0.6 is 0 Å². The molecule has 0 aliphatic rings. The van der Waals surface area contributed by atoms with Gasteiger partial charge in [0.1, 0.15) is 0 Å². The summed E-state index contributed by atoms with van der Waals surface area (Å²) in [5.74, 6) is 0.877. The normalized spacial score (nSPS) is 13.0. The second kappa shape index (κ2) is 17.3. The van der Waals surface area contributed by atoms with Crippen LogP contribution < -0.4 is 0 Å². The van der Waals surface area contributed by atoms with E-state index in [2.05, 4.69) is 13.8 Å².